The number of benzene rings is 1. The van der Waals surface area contributed by atoms with E-state index in [1.807, 2.05) is 0 Å². The molecule has 0 fully saturated rings. The maximum absolute atomic E-state index is 13.2. The van der Waals surface area contributed by atoms with Gasteiger partial charge in [-0.3, -0.25) is 4.68 Å². The molecule has 0 radical (unpaired) electrons. The fraction of sp³-hybridized carbons (Fsp3) is 0.200. The molecule has 0 aliphatic heterocycles. The van der Waals surface area contributed by atoms with E-state index in [4.69, 9.17) is 4.74 Å². The molecule has 0 bridgehead atoms. The second-order valence-electron chi connectivity index (χ2n) is 3.12. The second-order valence-corrected chi connectivity index (χ2v) is 3.12. The Balaban J connectivity index is 2.48. The summed E-state index contributed by atoms with van der Waals surface area (Å²) in [5.74, 6) is 0.574. The number of methoxy groups -OCH3 is 1. The highest BCUT2D eigenvalue weighted by Gasteiger charge is 2.06. The van der Waals surface area contributed by atoms with Crippen molar-refractivity contribution in [3.63, 3.8) is 0 Å². The molecule has 1 aromatic heterocycles. The van der Waals surface area contributed by atoms with E-state index >= 15 is 0 Å². The number of ether oxygens (including phenoxy) is 1. The molecular weight excluding hydrogens is 197 g/mol. The Kier molecular flexibility index (Phi) is 2.37. The van der Waals surface area contributed by atoms with Gasteiger partial charge in [0.25, 0.3) is 0 Å². The first-order chi connectivity index (χ1) is 7.19. The number of aryl methyl sites for hydroxylation is 1. The second kappa shape index (κ2) is 3.68. The lowest BCUT2D eigenvalue weighted by molar-refractivity contribution is 0.411. The summed E-state index contributed by atoms with van der Waals surface area (Å²) in [6.45, 7) is 0. The van der Waals surface area contributed by atoms with Gasteiger partial charge in [0.15, 0.2) is 5.82 Å². The summed E-state index contributed by atoms with van der Waals surface area (Å²) >= 11 is 0. The number of halogens is 1. The zero-order valence-electron chi connectivity index (χ0n) is 8.44. The molecule has 2 rings (SSSR count). The number of rotatable bonds is 2. The normalized spacial score (nSPS) is 10.3. The summed E-state index contributed by atoms with van der Waals surface area (Å²) in [7, 11) is 3.25. The first-order valence-electron chi connectivity index (χ1n) is 4.39. The van der Waals surface area contributed by atoms with Crippen molar-refractivity contribution in [1.82, 2.24) is 14.8 Å². The smallest absolute Gasteiger partial charge is 0.181 e. The molecule has 0 aliphatic rings. The lowest BCUT2D eigenvalue weighted by Crippen LogP contribution is -1.90. The summed E-state index contributed by atoms with van der Waals surface area (Å²) in [6, 6.07) is 4.38. The van der Waals surface area contributed by atoms with Crippen LogP contribution in [-0.4, -0.2) is 21.9 Å². The predicted octanol–water partition coefficient (Wildman–Crippen LogP) is 1.63. The van der Waals surface area contributed by atoms with E-state index in [0.29, 0.717) is 17.1 Å². The number of hydrogen-bond acceptors (Lipinski definition) is 3. The maximum Gasteiger partial charge on any atom is 0.181 e. The average Bonchev–Trinajstić information content (AvgIpc) is 2.64. The fourth-order valence-electron chi connectivity index (χ4n) is 1.28. The molecule has 0 spiro atoms. The zero-order chi connectivity index (χ0) is 10.8. The Hall–Kier alpha value is -1.91. The summed E-state index contributed by atoms with van der Waals surface area (Å²) in [5, 5.41) is 4.08. The molecule has 78 valence electrons. The van der Waals surface area contributed by atoms with E-state index in [1.165, 1.54) is 19.2 Å². The molecule has 2 aromatic rings. The molecule has 15 heavy (non-hydrogen) atoms. The van der Waals surface area contributed by atoms with E-state index in [0.717, 1.165) is 0 Å². The fourth-order valence-corrected chi connectivity index (χ4v) is 1.28. The third kappa shape index (κ3) is 1.96. The largest absolute Gasteiger partial charge is 0.497 e. The molecule has 0 unspecified atom stereocenters. The van der Waals surface area contributed by atoms with Gasteiger partial charge in [-0.15, -0.1) is 0 Å². The van der Waals surface area contributed by atoms with Gasteiger partial charge in [-0.05, 0) is 12.1 Å². The summed E-state index contributed by atoms with van der Waals surface area (Å²) in [5.41, 5.74) is 0.604. The molecule has 0 saturated heterocycles. The van der Waals surface area contributed by atoms with Crippen LogP contribution in [0.2, 0.25) is 0 Å². The van der Waals surface area contributed by atoms with Crippen LogP contribution in [0.3, 0.4) is 0 Å². The van der Waals surface area contributed by atoms with Crippen LogP contribution in [0, 0.1) is 5.82 Å². The Bertz CT molecular complexity index is 481. The first kappa shape index (κ1) is 9.64. The van der Waals surface area contributed by atoms with E-state index in [1.54, 1.807) is 24.1 Å². The van der Waals surface area contributed by atoms with E-state index in [-0.39, 0.29) is 5.82 Å². The van der Waals surface area contributed by atoms with Crippen LogP contribution in [0.25, 0.3) is 11.4 Å². The van der Waals surface area contributed by atoms with Gasteiger partial charge in [-0.1, -0.05) is 0 Å². The molecule has 1 heterocycles. The van der Waals surface area contributed by atoms with Crippen molar-refractivity contribution in [3.8, 4) is 17.1 Å². The van der Waals surface area contributed by atoms with Gasteiger partial charge < -0.3 is 4.74 Å². The van der Waals surface area contributed by atoms with Crippen LogP contribution in [0.15, 0.2) is 24.5 Å². The van der Waals surface area contributed by atoms with Crippen LogP contribution in [-0.2, 0) is 7.05 Å². The van der Waals surface area contributed by atoms with Gasteiger partial charge in [0.05, 0.1) is 7.11 Å². The quantitative estimate of drug-likeness (QED) is 0.751. The Morgan fingerprint density at radius 3 is 2.73 bits per heavy atom. The van der Waals surface area contributed by atoms with Crippen molar-refractivity contribution < 1.29 is 9.13 Å². The van der Waals surface area contributed by atoms with Crippen LogP contribution < -0.4 is 4.74 Å². The van der Waals surface area contributed by atoms with Crippen molar-refractivity contribution in [2.45, 2.75) is 0 Å². The van der Waals surface area contributed by atoms with Crippen LogP contribution in [0.5, 0.6) is 5.75 Å². The topological polar surface area (TPSA) is 39.9 Å². The van der Waals surface area contributed by atoms with Crippen molar-refractivity contribution in [3.05, 3.63) is 30.3 Å². The number of nitrogens with zero attached hydrogens (tertiary/aromatic N) is 3. The predicted molar refractivity (Wildman–Crippen MR) is 52.9 cm³/mol. The lowest BCUT2D eigenvalue weighted by Gasteiger charge is -2.01. The van der Waals surface area contributed by atoms with Gasteiger partial charge in [0.1, 0.15) is 17.9 Å². The van der Waals surface area contributed by atoms with Crippen LogP contribution in [0.4, 0.5) is 4.39 Å². The Morgan fingerprint density at radius 1 is 1.33 bits per heavy atom. The monoisotopic (exact) mass is 207 g/mol. The van der Waals surface area contributed by atoms with Crippen LogP contribution >= 0.6 is 0 Å². The summed E-state index contributed by atoms with van der Waals surface area (Å²) in [4.78, 5) is 4.03. The third-order valence-electron chi connectivity index (χ3n) is 1.96. The summed E-state index contributed by atoms with van der Waals surface area (Å²) < 4.78 is 19.7. The minimum Gasteiger partial charge on any atom is -0.497 e. The molecule has 5 heteroatoms. The highest BCUT2D eigenvalue weighted by Crippen LogP contribution is 2.22. The molecule has 0 aliphatic carbocycles. The molecule has 0 amide bonds. The molecule has 4 nitrogen and oxygen atoms in total. The average molecular weight is 207 g/mol. The zero-order valence-corrected chi connectivity index (χ0v) is 8.44. The number of hydrogen-bond donors (Lipinski definition) is 0. The van der Waals surface area contributed by atoms with Crippen LogP contribution in [0.1, 0.15) is 0 Å². The third-order valence-corrected chi connectivity index (χ3v) is 1.96. The van der Waals surface area contributed by atoms with Crippen molar-refractivity contribution >= 4 is 0 Å². The molecule has 1 aromatic carbocycles. The van der Waals surface area contributed by atoms with Crippen molar-refractivity contribution in [2.24, 2.45) is 7.05 Å². The first-order valence-corrected chi connectivity index (χ1v) is 4.39. The van der Waals surface area contributed by atoms with Crippen molar-refractivity contribution in [2.75, 3.05) is 7.11 Å². The van der Waals surface area contributed by atoms with Gasteiger partial charge >= 0.3 is 0 Å². The van der Waals surface area contributed by atoms with Gasteiger partial charge in [-0.2, -0.15) is 5.10 Å². The Morgan fingerprint density at radius 2 is 2.13 bits per heavy atom. The summed E-state index contributed by atoms with van der Waals surface area (Å²) in [6.07, 6.45) is 1.56. The lowest BCUT2D eigenvalue weighted by atomic mass is 10.2. The molecule has 0 saturated carbocycles. The van der Waals surface area contributed by atoms with Gasteiger partial charge in [-0.25, -0.2) is 9.37 Å². The van der Waals surface area contributed by atoms with Gasteiger partial charge in [0, 0.05) is 18.7 Å². The number of aromatic nitrogens is 3. The maximum atomic E-state index is 13.2. The molecule has 0 N–H and O–H groups in total. The van der Waals surface area contributed by atoms with E-state index in [2.05, 4.69) is 10.1 Å². The Labute approximate surface area is 86.3 Å². The van der Waals surface area contributed by atoms with Gasteiger partial charge in [0.2, 0.25) is 0 Å². The van der Waals surface area contributed by atoms with E-state index in [9.17, 15) is 4.39 Å². The highest BCUT2D eigenvalue weighted by molar-refractivity contribution is 5.57. The van der Waals surface area contributed by atoms with E-state index < -0.39 is 0 Å². The van der Waals surface area contributed by atoms with Crippen molar-refractivity contribution in [1.29, 1.82) is 0 Å². The molecule has 0 atom stereocenters. The standard InChI is InChI=1S/C10H10FN3O/c1-14-6-12-10(13-14)7-3-8(11)5-9(4-7)15-2/h3-6H,1-2H3. The minimum atomic E-state index is -0.364. The minimum absolute atomic E-state index is 0.364. The highest BCUT2D eigenvalue weighted by atomic mass is 19.1. The molecular formula is C10H10FN3O. The SMILES string of the molecule is COc1cc(F)cc(-c2ncn(C)n2)c1.